The minimum atomic E-state index is 0.496. The van der Waals surface area contributed by atoms with Crippen molar-refractivity contribution < 1.29 is 4.42 Å². The van der Waals surface area contributed by atoms with Gasteiger partial charge in [0.25, 0.3) is 0 Å². The van der Waals surface area contributed by atoms with Gasteiger partial charge < -0.3 is 24.9 Å². The SMILES string of the molecule is Cc1ccc(CNC(=S)Nc2nc(N3CCCC3)cc(N3CCC[C@H](C)C3)n2)o1. The number of aromatic nitrogens is 2. The molecule has 0 spiro atoms. The fourth-order valence-corrected chi connectivity index (χ4v) is 4.20. The Balaban J connectivity index is 1.48. The zero-order chi connectivity index (χ0) is 20.2. The van der Waals surface area contributed by atoms with Gasteiger partial charge in [-0.2, -0.15) is 9.97 Å². The molecule has 0 aliphatic carbocycles. The maximum atomic E-state index is 5.58. The first kappa shape index (κ1) is 19.9. The molecule has 29 heavy (non-hydrogen) atoms. The zero-order valence-electron chi connectivity index (χ0n) is 17.3. The molecule has 2 fully saturated rings. The average molecular weight is 415 g/mol. The molecule has 0 bridgehead atoms. The van der Waals surface area contributed by atoms with Crippen LogP contribution in [0.15, 0.2) is 22.6 Å². The van der Waals surface area contributed by atoms with E-state index in [9.17, 15) is 0 Å². The number of piperidine rings is 1. The Morgan fingerprint density at radius 3 is 2.55 bits per heavy atom. The van der Waals surface area contributed by atoms with Crippen LogP contribution in [0.3, 0.4) is 0 Å². The first-order valence-electron chi connectivity index (χ1n) is 10.6. The second-order valence-electron chi connectivity index (χ2n) is 8.12. The van der Waals surface area contributed by atoms with Gasteiger partial charge in [0, 0.05) is 32.2 Å². The molecule has 7 nitrogen and oxygen atoms in total. The highest BCUT2D eigenvalue weighted by Gasteiger charge is 2.22. The largest absolute Gasteiger partial charge is 0.465 e. The zero-order valence-corrected chi connectivity index (χ0v) is 18.1. The van der Waals surface area contributed by atoms with Crippen molar-refractivity contribution in [3.63, 3.8) is 0 Å². The van der Waals surface area contributed by atoms with Crippen molar-refractivity contribution in [2.24, 2.45) is 5.92 Å². The number of furan rings is 1. The Bertz CT molecular complexity index is 847. The minimum Gasteiger partial charge on any atom is -0.465 e. The molecule has 156 valence electrons. The first-order chi connectivity index (χ1) is 14.1. The van der Waals surface area contributed by atoms with Gasteiger partial charge in [-0.05, 0) is 62.9 Å². The molecule has 2 aliphatic rings. The summed E-state index contributed by atoms with van der Waals surface area (Å²) in [6.07, 6.45) is 4.91. The summed E-state index contributed by atoms with van der Waals surface area (Å²) < 4.78 is 5.58. The molecular formula is C21H30N6OS. The van der Waals surface area contributed by atoms with E-state index in [1.54, 1.807) is 0 Å². The maximum Gasteiger partial charge on any atom is 0.232 e. The Morgan fingerprint density at radius 2 is 1.86 bits per heavy atom. The minimum absolute atomic E-state index is 0.496. The molecule has 4 heterocycles. The Morgan fingerprint density at radius 1 is 1.14 bits per heavy atom. The molecule has 0 radical (unpaired) electrons. The van der Waals surface area contributed by atoms with Gasteiger partial charge >= 0.3 is 0 Å². The summed E-state index contributed by atoms with van der Waals surface area (Å²) >= 11 is 5.47. The third kappa shape index (κ3) is 5.18. The van der Waals surface area contributed by atoms with E-state index in [1.165, 1.54) is 25.7 Å². The average Bonchev–Trinajstić information content (AvgIpc) is 3.38. The summed E-state index contributed by atoms with van der Waals surface area (Å²) in [5.74, 6) is 4.95. The summed E-state index contributed by atoms with van der Waals surface area (Å²) in [5.41, 5.74) is 0. The number of nitrogens with one attached hydrogen (secondary N) is 2. The van der Waals surface area contributed by atoms with Gasteiger partial charge in [0.15, 0.2) is 5.11 Å². The van der Waals surface area contributed by atoms with E-state index in [-0.39, 0.29) is 0 Å². The highest BCUT2D eigenvalue weighted by molar-refractivity contribution is 7.80. The third-order valence-electron chi connectivity index (χ3n) is 5.55. The van der Waals surface area contributed by atoms with Crippen LogP contribution in [0, 0.1) is 12.8 Å². The summed E-state index contributed by atoms with van der Waals surface area (Å²) in [6.45, 7) is 8.95. The lowest BCUT2D eigenvalue weighted by Crippen LogP contribution is -2.35. The number of aryl methyl sites for hydroxylation is 1. The van der Waals surface area contributed by atoms with Crippen molar-refractivity contribution in [1.29, 1.82) is 0 Å². The van der Waals surface area contributed by atoms with Crippen LogP contribution >= 0.6 is 12.2 Å². The first-order valence-corrected chi connectivity index (χ1v) is 11.0. The van der Waals surface area contributed by atoms with Crippen LogP contribution in [0.25, 0.3) is 0 Å². The van der Waals surface area contributed by atoms with E-state index < -0.39 is 0 Å². The van der Waals surface area contributed by atoms with Crippen LogP contribution in [0.4, 0.5) is 17.6 Å². The van der Waals surface area contributed by atoms with E-state index in [0.717, 1.165) is 49.3 Å². The van der Waals surface area contributed by atoms with Crippen LogP contribution in [0.1, 0.15) is 44.1 Å². The molecule has 0 amide bonds. The molecule has 4 rings (SSSR count). The summed E-state index contributed by atoms with van der Waals surface area (Å²) in [4.78, 5) is 14.3. The number of hydrogen-bond acceptors (Lipinski definition) is 6. The molecule has 2 saturated heterocycles. The van der Waals surface area contributed by atoms with Gasteiger partial charge in [-0.1, -0.05) is 6.92 Å². The van der Waals surface area contributed by atoms with Gasteiger partial charge in [0.05, 0.1) is 6.54 Å². The van der Waals surface area contributed by atoms with Crippen molar-refractivity contribution in [2.75, 3.05) is 41.3 Å². The lowest BCUT2D eigenvalue weighted by atomic mass is 10.0. The molecule has 0 aromatic carbocycles. The van der Waals surface area contributed by atoms with E-state index in [2.05, 4.69) is 33.4 Å². The molecule has 2 aromatic heterocycles. The maximum absolute atomic E-state index is 5.58. The second kappa shape index (κ2) is 8.98. The van der Waals surface area contributed by atoms with Gasteiger partial charge in [-0.25, -0.2) is 0 Å². The molecule has 0 unspecified atom stereocenters. The van der Waals surface area contributed by atoms with Crippen molar-refractivity contribution in [1.82, 2.24) is 15.3 Å². The number of thiocarbonyl (C=S) groups is 1. The normalized spacial score (nSPS) is 19.4. The fourth-order valence-electron chi connectivity index (χ4n) is 4.04. The lowest BCUT2D eigenvalue weighted by molar-refractivity contribution is 0.444. The van der Waals surface area contributed by atoms with E-state index in [4.69, 9.17) is 26.6 Å². The van der Waals surface area contributed by atoms with Gasteiger partial charge in [0.1, 0.15) is 23.2 Å². The summed E-state index contributed by atoms with van der Waals surface area (Å²) in [5, 5.41) is 6.85. The van der Waals surface area contributed by atoms with Crippen molar-refractivity contribution in [3.8, 4) is 0 Å². The van der Waals surface area contributed by atoms with Gasteiger partial charge in [-0.15, -0.1) is 0 Å². The summed E-state index contributed by atoms with van der Waals surface area (Å²) in [7, 11) is 0. The number of rotatable bonds is 5. The predicted molar refractivity (Wildman–Crippen MR) is 121 cm³/mol. The van der Waals surface area contributed by atoms with Crippen molar-refractivity contribution in [3.05, 3.63) is 29.7 Å². The Kier molecular flexibility index (Phi) is 6.18. The van der Waals surface area contributed by atoms with E-state index >= 15 is 0 Å². The van der Waals surface area contributed by atoms with Gasteiger partial charge in [-0.3, -0.25) is 0 Å². The highest BCUT2D eigenvalue weighted by atomic mass is 32.1. The smallest absolute Gasteiger partial charge is 0.232 e. The Hall–Kier alpha value is -2.35. The Labute approximate surface area is 177 Å². The molecule has 8 heteroatoms. The van der Waals surface area contributed by atoms with Crippen molar-refractivity contribution >= 4 is 34.9 Å². The lowest BCUT2D eigenvalue weighted by Gasteiger charge is -2.32. The number of nitrogens with zero attached hydrogens (tertiary/aromatic N) is 4. The number of anilines is 3. The molecular weight excluding hydrogens is 384 g/mol. The van der Waals surface area contributed by atoms with Gasteiger partial charge in [0.2, 0.25) is 5.95 Å². The van der Waals surface area contributed by atoms with Crippen LogP contribution in [-0.4, -0.2) is 41.3 Å². The summed E-state index contributed by atoms with van der Waals surface area (Å²) in [6, 6.07) is 6.03. The quantitative estimate of drug-likeness (QED) is 0.718. The monoisotopic (exact) mass is 414 g/mol. The van der Waals surface area contributed by atoms with Crippen LogP contribution in [0.2, 0.25) is 0 Å². The molecule has 2 aliphatic heterocycles. The van der Waals surface area contributed by atoms with Crippen LogP contribution < -0.4 is 20.4 Å². The number of hydrogen-bond donors (Lipinski definition) is 2. The topological polar surface area (TPSA) is 69.5 Å². The predicted octanol–water partition coefficient (Wildman–Crippen LogP) is 3.70. The fraction of sp³-hybridized carbons (Fsp3) is 0.571. The van der Waals surface area contributed by atoms with Crippen molar-refractivity contribution in [2.45, 2.75) is 46.1 Å². The standard InChI is InChI=1S/C21H30N6OS/c1-15-6-5-11-27(14-15)19-12-18(26-9-3-4-10-26)23-20(24-19)25-21(29)22-13-17-8-7-16(2)28-17/h7-8,12,15H,3-6,9-11,13-14H2,1-2H3,(H2,22,23,24,25,29)/t15-/m0/s1. The van der Waals surface area contributed by atoms with E-state index in [0.29, 0.717) is 23.5 Å². The van der Waals surface area contributed by atoms with Crippen LogP contribution in [-0.2, 0) is 6.54 Å². The van der Waals surface area contributed by atoms with Crippen LogP contribution in [0.5, 0.6) is 0 Å². The second-order valence-corrected chi connectivity index (χ2v) is 8.52. The molecule has 2 N–H and O–H groups in total. The molecule has 0 saturated carbocycles. The molecule has 2 aromatic rings. The highest BCUT2D eigenvalue weighted by Crippen LogP contribution is 2.27. The molecule has 1 atom stereocenters. The van der Waals surface area contributed by atoms with E-state index in [1.807, 2.05) is 19.1 Å². The third-order valence-corrected chi connectivity index (χ3v) is 5.80.